The zero-order chi connectivity index (χ0) is 11.4. The quantitative estimate of drug-likeness (QED) is 0.785. The van der Waals surface area contributed by atoms with Gasteiger partial charge in [0.2, 0.25) is 5.91 Å². The molecule has 2 N–H and O–H groups in total. The van der Waals surface area contributed by atoms with Crippen LogP contribution in [0.15, 0.2) is 24.3 Å². The van der Waals surface area contributed by atoms with Crippen LogP contribution in [0.25, 0.3) is 0 Å². The van der Waals surface area contributed by atoms with E-state index >= 15 is 0 Å². The third-order valence-corrected chi connectivity index (χ3v) is 2.00. The molecule has 0 aliphatic carbocycles. The molecule has 0 aromatic heterocycles. The van der Waals surface area contributed by atoms with Crippen molar-refractivity contribution in [2.45, 2.75) is 6.92 Å². The van der Waals surface area contributed by atoms with Crippen molar-refractivity contribution in [3.05, 3.63) is 35.4 Å². The van der Waals surface area contributed by atoms with Crippen LogP contribution in [0.4, 0.5) is 0 Å². The number of nitrogens with zero attached hydrogens (tertiary/aromatic N) is 1. The Labute approximate surface area is 88.7 Å². The Kier molecular flexibility index (Phi) is 3.44. The monoisotopic (exact) mass is 206 g/mol. The molecule has 0 fully saturated rings. The summed E-state index contributed by atoms with van der Waals surface area (Å²) in [7, 11) is 1.55. The molecule has 80 valence electrons. The second kappa shape index (κ2) is 4.59. The summed E-state index contributed by atoms with van der Waals surface area (Å²) in [6.45, 7) is 1.84. The van der Waals surface area contributed by atoms with Crippen molar-refractivity contribution in [1.29, 1.82) is 0 Å². The van der Waals surface area contributed by atoms with Crippen LogP contribution in [0.1, 0.15) is 15.9 Å². The fourth-order valence-corrected chi connectivity index (χ4v) is 1.30. The Balaban J connectivity index is 2.80. The van der Waals surface area contributed by atoms with E-state index in [-0.39, 0.29) is 12.5 Å². The summed E-state index contributed by atoms with van der Waals surface area (Å²) < 4.78 is 0. The highest BCUT2D eigenvalue weighted by Crippen LogP contribution is 2.06. The van der Waals surface area contributed by atoms with Crippen molar-refractivity contribution in [2.24, 2.45) is 5.73 Å². The lowest BCUT2D eigenvalue weighted by atomic mass is 10.1. The highest BCUT2D eigenvalue weighted by molar-refractivity contribution is 5.96. The van der Waals surface area contributed by atoms with Gasteiger partial charge in [0.1, 0.15) is 0 Å². The van der Waals surface area contributed by atoms with E-state index in [9.17, 15) is 9.59 Å². The van der Waals surface area contributed by atoms with E-state index in [1.165, 1.54) is 4.90 Å². The summed E-state index contributed by atoms with van der Waals surface area (Å²) in [4.78, 5) is 23.7. The fraction of sp³-hybridized carbons (Fsp3) is 0.273. The molecular formula is C11H14N2O2. The smallest absolute Gasteiger partial charge is 0.254 e. The number of carbonyl (C=O) groups excluding carboxylic acids is 2. The molecule has 1 rings (SSSR count). The minimum Gasteiger partial charge on any atom is -0.368 e. The first-order valence-corrected chi connectivity index (χ1v) is 4.61. The molecule has 0 spiro atoms. The Bertz CT molecular complexity index is 388. The number of rotatable bonds is 3. The molecule has 0 atom stereocenters. The molecule has 0 bridgehead atoms. The number of amides is 2. The number of hydrogen-bond acceptors (Lipinski definition) is 2. The van der Waals surface area contributed by atoms with Gasteiger partial charge >= 0.3 is 0 Å². The van der Waals surface area contributed by atoms with Crippen molar-refractivity contribution in [3.63, 3.8) is 0 Å². The lowest BCUT2D eigenvalue weighted by molar-refractivity contribution is -0.118. The van der Waals surface area contributed by atoms with Crippen molar-refractivity contribution >= 4 is 11.8 Å². The zero-order valence-corrected chi connectivity index (χ0v) is 8.86. The topological polar surface area (TPSA) is 63.4 Å². The van der Waals surface area contributed by atoms with Crippen LogP contribution in [0, 0.1) is 6.92 Å². The van der Waals surface area contributed by atoms with Gasteiger partial charge in [0.25, 0.3) is 5.91 Å². The number of carbonyl (C=O) groups is 2. The molecule has 2 amide bonds. The first-order chi connectivity index (χ1) is 7.00. The minimum absolute atomic E-state index is 0.0627. The molecule has 15 heavy (non-hydrogen) atoms. The first-order valence-electron chi connectivity index (χ1n) is 4.61. The van der Waals surface area contributed by atoms with Crippen LogP contribution in [0.2, 0.25) is 0 Å². The predicted molar refractivity (Wildman–Crippen MR) is 57.3 cm³/mol. The lowest BCUT2D eigenvalue weighted by Gasteiger charge is -2.15. The third kappa shape index (κ3) is 3.09. The van der Waals surface area contributed by atoms with Crippen LogP contribution in [-0.2, 0) is 4.79 Å². The van der Waals surface area contributed by atoms with Gasteiger partial charge in [-0.15, -0.1) is 0 Å². The number of hydrogen-bond donors (Lipinski definition) is 1. The average molecular weight is 206 g/mol. The van der Waals surface area contributed by atoms with Gasteiger partial charge in [0.15, 0.2) is 0 Å². The van der Waals surface area contributed by atoms with E-state index in [0.29, 0.717) is 5.56 Å². The van der Waals surface area contributed by atoms with Crippen LogP contribution in [0.3, 0.4) is 0 Å². The van der Waals surface area contributed by atoms with Gasteiger partial charge < -0.3 is 10.6 Å². The van der Waals surface area contributed by atoms with Crippen LogP contribution in [-0.4, -0.2) is 30.3 Å². The fourth-order valence-electron chi connectivity index (χ4n) is 1.30. The van der Waals surface area contributed by atoms with Crippen LogP contribution < -0.4 is 5.73 Å². The molecule has 0 unspecified atom stereocenters. The van der Waals surface area contributed by atoms with Crippen molar-refractivity contribution in [2.75, 3.05) is 13.6 Å². The summed E-state index contributed by atoms with van der Waals surface area (Å²) in [5.41, 5.74) is 6.58. The van der Waals surface area contributed by atoms with Crippen molar-refractivity contribution in [1.82, 2.24) is 4.90 Å². The Morgan fingerprint density at radius 3 is 2.60 bits per heavy atom. The van der Waals surface area contributed by atoms with Gasteiger partial charge in [0.05, 0.1) is 6.54 Å². The highest BCUT2D eigenvalue weighted by Gasteiger charge is 2.12. The molecule has 0 aliphatic rings. The number of nitrogens with two attached hydrogens (primary N) is 1. The second-order valence-corrected chi connectivity index (χ2v) is 3.50. The van der Waals surface area contributed by atoms with Crippen LogP contribution >= 0.6 is 0 Å². The molecule has 0 radical (unpaired) electrons. The number of primary amides is 1. The van der Waals surface area contributed by atoms with E-state index in [4.69, 9.17) is 5.73 Å². The van der Waals surface area contributed by atoms with Gasteiger partial charge in [-0.2, -0.15) is 0 Å². The van der Waals surface area contributed by atoms with Gasteiger partial charge in [-0.05, 0) is 19.1 Å². The molecule has 0 saturated carbocycles. The van der Waals surface area contributed by atoms with Gasteiger partial charge in [-0.1, -0.05) is 17.7 Å². The van der Waals surface area contributed by atoms with E-state index in [2.05, 4.69) is 0 Å². The summed E-state index contributed by atoms with van der Waals surface area (Å²) in [5, 5.41) is 0. The van der Waals surface area contributed by atoms with E-state index in [0.717, 1.165) is 5.56 Å². The van der Waals surface area contributed by atoms with Crippen molar-refractivity contribution in [3.8, 4) is 0 Å². The maximum absolute atomic E-state index is 11.8. The van der Waals surface area contributed by atoms with Crippen molar-refractivity contribution < 1.29 is 9.59 Å². The SMILES string of the molecule is Cc1cccc(C(=O)N(C)CC(N)=O)c1. The largest absolute Gasteiger partial charge is 0.368 e. The Hall–Kier alpha value is -1.84. The molecule has 0 aliphatic heterocycles. The Morgan fingerprint density at radius 1 is 1.40 bits per heavy atom. The standard InChI is InChI=1S/C11H14N2O2/c1-8-4-3-5-9(6-8)11(15)13(2)7-10(12)14/h3-6H,7H2,1-2H3,(H2,12,14). The summed E-state index contributed by atoms with van der Waals surface area (Å²) in [6.07, 6.45) is 0. The van der Waals surface area contributed by atoms with Gasteiger partial charge in [-0.25, -0.2) is 0 Å². The molecule has 1 aromatic rings. The van der Waals surface area contributed by atoms with Gasteiger partial charge in [0, 0.05) is 12.6 Å². The number of aryl methyl sites for hydroxylation is 1. The van der Waals surface area contributed by atoms with E-state index < -0.39 is 5.91 Å². The first kappa shape index (κ1) is 11.2. The average Bonchev–Trinajstić information content (AvgIpc) is 2.15. The molecule has 0 saturated heterocycles. The highest BCUT2D eigenvalue weighted by atomic mass is 16.2. The molecule has 1 aromatic carbocycles. The second-order valence-electron chi connectivity index (χ2n) is 3.50. The third-order valence-electron chi connectivity index (χ3n) is 2.00. The molecular weight excluding hydrogens is 192 g/mol. The maximum atomic E-state index is 11.8. The van der Waals surface area contributed by atoms with E-state index in [1.54, 1.807) is 25.2 Å². The molecule has 0 heterocycles. The summed E-state index contributed by atoms with van der Waals surface area (Å²) in [6, 6.07) is 7.21. The number of benzene rings is 1. The summed E-state index contributed by atoms with van der Waals surface area (Å²) in [5.74, 6) is -0.712. The Morgan fingerprint density at radius 2 is 2.07 bits per heavy atom. The minimum atomic E-state index is -0.515. The predicted octanol–water partition coefficient (Wildman–Crippen LogP) is 0.552. The lowest BCUT2D eigenvalue weighted by Crippen LogP contribution is -2.35. The molecule has 4 heteroatoms. The normalized spacial score (nSPS) is 9.73. The zero-order valence-electron chi connectivity index (χ0n) is 8.86. The maximum Gasteiger partial charge on any atom is 0.254 e. The van der Waals surface area contributed by atoms with E-state index in [1.807, 2.05) is 13.0 Å². The number of likely N-dealkylation sites (N-methyl/N-ethyl adjacent to an activating group) is 1. The molecule has 4 nitrogen and oxygen atoms in total. The summed E-state index contributed by atoms with van der Waals surface area (Å²) >= 11 is 0. The van der Waals surface area contributed by atoms with Crippen LogP contribution in [0.5, 0.6) is 0 Å². The van der Waals surface area contributed by atoms with Gasteiger partial charge in [-0.3, -0.25) is 9.59 Å².